The molecule has 1 aliphatic heterocycles. The normalized spacial score (nSPS) is 15.8. The van der Waals surface area contributed by atoms with Crippen LogP contribution in [0.2, 0.25) is 0 Å². The van der Waals surface area contributed by atoms with Crippen LogP contribution in [0.5, 0.6) is 0 Å². The van der Waals surface area contributed by atoms with Gasteiger partial charge in [-0.3, -0.25) is 9.38 Å². The molecule has 186 valence electrons. The monoisotopic (exact) mass is 497 g/mol. The topological polar surface area (TPSA) is 71.2 Å². The number of anilines is 1. The Morgan fingerprint density at radius 2 is 1.66 bits per heavy atom. The van der Waals surface area contributed by atoms with E-state index >= 15 is 0 Å². The van der Waals surface area contributed by atoms with Crippen molar-refractivity contribution >= 4 is 22.4 Å². The first-order valence-corrected chi connectivity index (χ1v) is 13.0. The number of nitrogens with one attached hydrogen (secondary N) is 1. The van der Waals surface area contributed by atoms with Crippen LogP contribution in [0.3, 0.4) is 0 Å². The second-order valence-corrected chi connectivity index (χ2v) is 9.74. The molecule has 7 rings (SSSR count). The highest BCUT2D eigenvalue weighted by atomic mass is 15.4. The average Bonchev–Trinajstić information content (AvgIpc) is 3.47. The van der Waals surface area contributed by atoms with Crippen LogP contribution in [0, 0.1) is 0 Å². The molecule has 1 aliphatic rings. The van der Waals surface area contributed by atoms with Gasteiger partial charge < -0.3 is 10.2 Å². The fourth-order valence-electron chi connectivity index (χ4n) is 5.46. The van der Waals surface area contributed by atoms with E-state index in [-0.39, 0.29) is 0 Å². The second kappa shape index (κ2) is 9.68. The molecule has 3 aromatic heterocycles. The van der Waals surface area contributed by atoms with E-state index in [2.05, 4.69) is 98.2 Å². The van der Waals surface area contributed by atoms with Crippen LogP contribution in [0.25, 0.3) is 38.8 Å². The van der Waals surface area contributed by atoms with E-state index in [0.29, 0.717) is 6.04 Å². The number of piperazine rings is 1. The van der Waals surface area contributed by atoms with Crippen molar-refractivity contribution in [1.29, 1.82) is 0 Å². The van der Waals surface area contributed by atoms with Crippen LogP contribution in [0.4, 0.5) is 5.95 Å². The Balaban J connectivity index is 1.36. The van der Waals surface area contributed by atoms with Crippen LogP contribution in [0.1, 0.15) is 5.56 Å². The summed E-state index contributed by atoms with van der Waals surface area (Å²) in [5.41, 5.74) is 6.06. The first-order valence-electron chi connectivity index (χ1n) is 13.0. The highest BCUT2D eigenvalue weighted by Crippen LogP contribution is 2.37. The fraction of sp³-hybridized carbons (Fsp3) is 0.161. The predicted octanol–water partition coefficient (Wildman–Crippen LogP) is 5.03. The number of fused-ring (bicyclic) bond motifs is 2. The molecule has 3 aromatic carbocycles. The van der Waals surface area contributed by atoms with Crippen LogP contribution in [-0.2, 0) is 6.42 Å². The van der Waals surface area contributed by atoms with Crippen LogP contribution < -0.4 is 10.2 Å². The number of pyridine rings is 1. The summed E-state index contributed by atoms with van der Waals surface area (Å²) in [6.07, 6.45) is 6.38. The lowest BCUT2D eigenvalue weighted by Gasteiger charge is -2.35. The number of benzene rings is 3. The van der Waals surface area contributed by atoms with Crippen molar-refractivity contribution < 1.29 is 0 Å². The molecule has 1 N–H and O–H groups in total. The molecule has 0 aliphatic carbocycles. The standard InChI is InChI=1S/C31H27N7/c1-2-6-22(7-3-1)18-27-20-37(17-16-33-27)31-35-29(24-12-14-32-15-13-24)28(30-36-34-21-38(30)31)26-11-10-23-8-4-5-9-25(23)19-26/h1-15,19,21,27,33H,16-18,20H2/t27-/m0/s1. The minimum absolute atomic E-state index is 0.323. The van der Waals surface area contributed by atoms with E-state index in [1.807, 2.05) is 28.9 Å². The van der Waals surface area contributed by atoms with Crippen LogP contribution in [-0.4, -0.2) is 50.2 Å². The largest absolute Gasteiger partial charge is 0.339 e. The van der Waals surface area contributed by atoms with E-state index in [0.717, 1.165) is 60.0 Å². The third-order valence-corrected chi connectivity index (χ3v) is 7.29. The van der Waals surface area contributed by atoms with Gasteiger partial charge in [0.1, 0.15) is 6.33 Å². The summed E-state index contributed by atoms with van der Waals surface area (Å²) in [5, 5.41) is 15.0. The van der Waals surface area contributed by atoms with Crippen molar-refractivity contribution in [3.8, 4) is 22.4 Å². The summed E-state index contributed by atoms with van der Waals surface area (Å²) in [4.78, 5) is 11.9. The Bertz CT molecular complexity index is 1710. The van der Waals surface area contributed by atoms with Crippen molar-refractivity contribution in [3.63, 3.8) is 0 Å². The molecule has 0 bridgehead atoms. The Morgan fingerprint density at radius 1 is 0.842 bits per heavy atom. The molecule has 1 saturated heterocycles. The van der Waals surface area contributed by atoms with Crippen molar-refractivity contribution in [3.05, 3.63) is 109 Å². The molecule has 1 fully saturated rings. The van der Waals surface area contributed by atoms with Gasteiger partial charge in [0.25, 0.3) is 0 Å². The lowest BCUT2D eigenvalue weighted by Crippen LogP contribution is -2.52. The molecule has 0 amide bonds. The van der Waals surface area contributed by atoms with Crippen LogP contribution in [0.15, 0.2) is 104 Å². The molecule has 1 atom stereocenters. The van der Waals surface area contributed by atoms with E-state index in [1.54, 1.807) is 6.33 Å². The minimum Gasteiger partial charge on any atom is -0.339 e. The quantitative estimate of drug-likeness (QED) is 0.360. The summed E-state index contributed by atoms with van der Waals surface area (Å²) in [5.74, 6) is 0.862. The van der Waals surface area contributed by atoms with Crippen molar-refractivity contribution in [2.45, 2.75) is 12.5 Å². The molecule has 0 unspecified atom stereocenters. The number of aromatic nitrogens is 5. The highest BCUT2D eigenvalue weighted by Gasteiger charge is 2.26. The maximum atomic E-state index is 5.32. The van der Waals surface area contributed by atoms with E-state index < -0.39 is 0 Å². The van der Waals surface area contributed by atoms with E-state index in [9.17, 15) is 0 Å². The molecular formula is C31H27N7. The molecule has 38 heavy (non-hydrogen) atoms. The Morgan fingerprint density at radius 3 is 2.53 bits per heavy atom. The summed E-state index contributed by atoms with van der Waals surface area (Å²) in [6, 6.07) is 29.9. The molecule has 0 saturated carbocycles. The van der Waals surface area contributed by atoms with Gasteiger partial charge in [-0.1, -0.05) is 66.7 Å². The molecule has 0 radical (unpaired) electrons. The van der Waals surface area contributed by atoms with Gasteiger partial charge >= 0.3 is 0 Å². The molecule has 0 spiro atoms. The number of rotatable bonds is 5. The first kappa shape index (κ1) is 22.6. The smallest absolute Gasteiger partial charge is 0.213 e. The molecular weight excluding hydrogens is 470 g/mol. The Hall–Kier alpha value is -4.62. The molecule has 7 nitrogen and oxygen atoms in total. The zero-order valence-electron chi connectivity index (χ0n) is 20.9. The highest BCUT2D eigenvalue weighted by molar-refractivity contribution is 5.95. The van der Waals surface area contributed by atoms with Crippen molar-refractivity contribution in [2.75, 3.05) is 24.5 Å². The number of hydrogen-bond acceptors (Lipinski definition) is 6. The number of nitrogens with zero attached hydrogens (tertiary/aromatic N) is 6. The zero-order valence-corrected chi connectivity index (χ0v) is 20.9. The lowest BCUT2D eigenvalue weighted by atomic mass is 9.98. The van der Waals surface area contributed by atoms with Crippen molar-refractivity contribution in [1.82, 2.24) is 29.9 Å². The minimum atomic E-state index is 0.323. The van der Waals surface area contributed by atoms with E-state index in [4.69, 9.17) is 4.98 Å². The van der Waals surface area contributed by atoms with Gasteiger partial charge in [-0.05, 0) is 46.5 Å². The van der Waals surface area contributed by atoms with Gasteiger partial charge in [-0.25, -0.2) is 4.98 Å². The fourth-order valence-corrected chi connectivity index (χ4v) is 5.46. The zero-order chi connectivity index (χ0) is 25.3. The molecule has 6 aromatic rings. The third kappa shape index (κ3) is 4.17. The molecule has 4 heterocycles. The maximum absolute atomic E-state index is 5.32. The first-order chi connectivity index (χ1) is 18.8. The van der Waals surface area contributed by atoms with E-state index in [1.165, 1.54) is 16.3 Å². The van der Waals surface area contributed by atoms with Gasteiger partial charge in [0.05, 0.1) is 11.3 Å². The predicted molar refractivity (Wildman–Crippen MR) is 151 cm³/mol. The summed E-state index contributed by atoms with van der Waals surface area (Å²) in [7, 11) is 0. The summed E-state index contributed by atoms with van der Waals surface area (Å²) >= 11 is 0. The second-order valence-electron chi connectivity index (χ2n) is 9.74. The van der Waals surface area contributed by atoms with Gasteiger partial charge in [-0.2, -0.15) is 0 Å². The van der Waals surface area contributed by atoms with Gasteiger partial charge in [0.15, 0.2) is 5.65 Å². The summed E-state index contributed by atoms with van der Waals surface area (Å²) in [6.45, 7) is 2.59. The van der Waals surface area contributed by atoms with Crippen LogP contribution >= 0.6 is 0 Å². The van der Waals surface area contributed by atoms with Gasteiger partial charge in [0.2, 0.25) is 5.95 Å². The maximum Gasteiger partial charge on any atom is 0.213 e. The Labute approximate surface area is 220 Å². The molecule has 7 heteroatoms. The lowest BCUT2D eigenvalue weighted by molar-refractivity contribution is 0.449. The average molecular weight is 498 g/mol. The SMILES string of the molecule is c1ccc(C[C@H]2CN(c3nc(-c4ccncc4)c(-c4ccc5ccccc5c4)c4nncn34)CCN2)cc1. The van der Waals surface area contributed by atoms with Gasteiger partial charge in [-0.15, -0.1) is 10.2 Å². The Kier molecular flexibility index (Phi) is 5.75. The number of hydrogen-bond donors (Lipinski definition) is 1. The van der Waals surface area contributed by atoms with Crippen molar-refractivity contribution in [2.24, 2.45) is 0 Å². The summed E-state index contributed by atoms with van der Waals surface area (Å²) < 4.78 is 2.04. The third-order valence-electron chi connectivity index (χ3n) is 7.29. The van der Waals surface area contributed by atoms with Gasteiger partial charge in [0, 0.05) is 43.6 Å².